The highest BCUT2D eigenvalue weighted by Gasteiger charge is 2.17. The van der Waals surface area contributed by atoms with E-state index in [0.717, 1.165) is 29.4 Å². The van der Waals surface area contributed by atoms with Crippen molar-refractivity contribution >= 4 is 34.0 Å². The van der Waals surface area contributed by atoms with E-state index in [-0.39, 0.29) is 12.5 Å². The van der Waals surface area contributed by atoms with Crippen molar-refractivity contribution in [3.8, 4) is 11.5 Å². The highest BCUT2D eigenvalue weighted by molar-refractivity contribution is 6.33. The summed E-state index contributed by atoms with van der Waals surface area (Å²) in [6, 6.07) is 21.2. The number of fused-ring (bicyclic) bond motifs is 1. The zero-order chi connectivity index (χ0) is 21.6. The number of nitrogens with zero attached hydrogens (tertiary/aromatic N) is 3. The number of carbonyl (C=O) groups excluding carboxylic acids is 1. The number of carbonyl (C=O) groups is 1. The summed E-state index contributed by atoms with van der Waals surface area (Å²) in [4.78, 5) is 14.8. The third-order valence-electron chi connectivity index (χ3n) is 4.90. The largest absolute Gasteiger partial charge is 0.419 e. The van der Waals surface area contributed by atoms with E-state index >= 15 is 0 Å². The van der Waals surface area contributed by atoms with E-state index < -0.39 is 0 Å². The highest BCUT2D eigenvalue weighted by atomic mass is 35.5. The predicted octanol–water partition coefficient (Wildman–Crippen LogP) is 5.39. The molecule has 4 rings (SSSR count). The van der Waals surface area contributed by atoms with Crippen molar-refractivity contribution in [3.63, 3.8) is 0 Å². The summed E-state index contributed by atoms with van der Waals surface area (Å²) in [5, 5.41) is 13.9. The van der Waals surface area contributed by atoms with E-state index in [0.29, 0.717) is 28.9 Å². The van der Waals surface area contributed by atoms with Gasteiger partial charge in [-0.05, 0) is 36.6 Å². The molecule has 1 aromatic heterocycles. The molecule has 4 aromatic rings. The third-order valence-corrected chi connectivity index (χ3v) is 5.23. The number of amides is 1. The summed E-state index contributed by atoms with van der Waals surface area (Å²) in [6.07, 6.45) is 0.896. The zero-order valence-electron chi connectivity index (χ0n) is 17.2. The molecule has 0 spiro atoms. The van der Waals surface area contributed by atoms with Crippen molar-refractivity contribution in [2.24, 2.45) is 0 Å². The van der Waals surface area contributed by atoms with Crippen LogP contribution in [-0.4, -0.2) is 34.1 Å². The molecule has 3 aromatic carbocycles. The fourth-order valence-electron chi connectivity index (χ4n) is 3.51. The van der Waals surface area contributed by atoms with Gasteiger partial charge in [-0.1, -0.05) is 67.1 Å². The van der Waals surface area contributed by atoms with Crippen molar-refractivity contribution in [2.75, 3.05) is 18.4 Å². The summed E-state index contributed by atoms with van der Waals surface area (Å²) in [6.45, 7) is 3.40. The van der Waals surface area contributed by atoms with Crippen LogP contribution in [-0.2, 0) is 11.3 Å². The SMILES string of the molecule is CCCN(CC(=O)Nc1cccc2ccccc12)Cc1nnc(-c2ccccc2Cl)o1. The van der Waals surface area contributed by atoms with Gasteiger partial charge in [-0.2, -0.15) is 0 Å². The van der Waals surface area contributed by atoms with E-state index in [4.69, 9.17) is 16.0 Å². The molecule has 0 atom stereocenters. The van der Waals surface area contributed by atoms with Gasteiger partial charge < -0.3 is 9.73 Å². The van der Waals surface area contributed by atoms with Crippen LogP contribution in [0.1, 0.15) is 19.2 Å². The average molecular weight is 435 g/mol. The van der Waals surface area contributed by atoms with Crippen LogP contribution >= 0.6 is 11.6 Å². The number of hydrogen-bond acceptors (Lipinski definition) is 5. The second-order valence-electron chi connectivity index (χ2n) is 7.27. The van der Waals surface area contributed by atoms with Crippen molar-refractivity contribution in [1.29, 1.82) is 0 Å². The van der Waals surface area contributed by atoms with Crippen LogP contribution in [0.15, 0.2) is 71.1 Å². The van der Waals surface area contributed by atoms with E-state index in [9.17, 15) is 4.79 Å². The fraction of sp³-hybridized carbons (Fsp3) is 0.208. The van der Waals surface area contributed by atoms with E-state index in [1.54, 1.807) is 6.07 Å². The Morgan fingerprint density at radius 3 is 2.65 bits per heavy atom. The maximum Gasteiger partial charge on any atom is 0.249 e. The second-order valence-corrected chi connectivity index (χ2v) is 7.67. The van der Waals surface area contributed by atoms with Gasteiger partial charge in [0.15, 0.2) is 0 Å². The smallest absolute Gasteiger partial charge is 0.249 e. The minimum atomic E-state index is -0.0874. The molecule has 31 heavy (non-hydrogen) atoms. The summed E-state index contributed by atoms with van der Waals surface area (Å²) in [5.74, 6) is 0.731. The molecule has 0 aliphatic carbocycles. The van der Waals surface area contributed by atoms with Crippen LogP contribution in [0.25, 0.3) is 22.2 Å². The number of benzene rings is 3. The van der Waals surface area contributed by atoms with Crippen molar-refractivity contribution in [3.05, 3.63) is 77.6 Å². The highest BCUT2D eigenvalue weighted by Crippen LogP contribution is 2.26. The van der Waals surface area contributed by atoms with Crippen molar-refractivity contribution < 1.29 is 9.21 Å². The van der Waals surface area contributed by atoms with Gasteiger partial charge in [0.05, 0.1) is 23.7 Å². The summed E-state index contributed by atoms with van der Waals surface area (Å²) < 4.78 is 5.80. The molecule has 0 radical (unpaired) electrons. The Morgan fingerprint density at radius 2 is 1.81 bits per heavy atom. The molecule has 7 heteroatoms. The molecule has 0 bridgehead atoms. The minimum Gasteiger partial charge on any atom is -0.419 e. The quantitative estimate of drug-likeness (QED) is 0.402. The van der Waals surface area contributed by atoms with Gasteiger partial charge in [0.25, 0.3) is 0 Å². The lowest BCUT2D eigenvalue weighted by atomic mass is 10.1. The maximum atomic E-state index is 12.8. The van der Waals surface area contributed by atoms with Crippen LogP contribution < -0.4 is 5.32 Å². The molecule has 0 unspecified atom stereocenters. The zero-order valence-corrected chi connectivity index (χ0v) is 18.0. The maximum absolute atomic E-state index is 12.8. The summed E-state index contributed by atoms with van der Waals surface area (Å²) >= 11 is 6.22. The fourth-order valence-corrected chi connectivity index (χ4v) is 3.73. The second kappa shape index (κ2) is 9.73. The Kier molecular flexibility index (Phi) is 6.60. The molecule has 1 heterocycles. The topological polar surface area (TPSA) is 71.3 Å². The standard InChI is InChI=1S/C24H23ClN4O2/c1-2-14-29(16-23-27-28-24(31-23)19-11-5-6-12-20(19)25)15-22(30)26-21-13-7-9-17-8-3-4-10-18(17)21/h3-13H,2,14-16H2,1H3,(H,26,30). The van der Waals surface area contributed by atoms with E-state index in [1.165, 1.54) is 0 Å². The van der Waals surface area contributed by atoms with Crippen LogP contribution in [0, 0.1) is 0 Å². The van der Waals surface area contributed by atoms with Crippen LogP contribution in [0.4, 0.5) is 5.69 Å². The summed E-state index contributed by atoms with van der Waals surface area (Å²) in [7, 11) is 0. The van der Waals surface area contributed by atoms with Gasteiger partial charge in [-0.15, -0.1) is 10.2 Å². The van der Waals surface area contributed by atoms with E-state index in [2.05, 4.69) is 22.4 Å². The monoisotopic (exact) mass is 434 g/mol. The van der Waals surface area contributed by atoms with Crippen LogP contribution in [0.3, 0.4) is 0 Å². The van der Waals surface area contributed by atoms with Crippen LogP contribution in [0.2, 0.25) is 5.02 Å². The predicted molar refractivity (Wildman–Crippen MR) is 123 cm³/mol. The van der Waals surface area contributed by atoms with Gasteiger partial charge in [-0.3, -0.25) is 9.69 Å². The Labute approximate surface area is 185 Å². The number of hydrogen-bond donors (Lipinski definition) is 1. The van der Waals surface area contributed by atoms with E-state index in [1.807, 2.05) is 65.6 Å². The Morgan fingerprint density at radius 1 is 1.03 bits per heavy atom. The summed E-state index contributed by atoms with van der Waals surface area (Å²) in [5.41, 5.74) is 1.50. The molecule has 1 N–H and O–H groups in total. The molecule has 0 saturated heterocycles. The molecule has 1 amide bonds. The van der Waals surface area contributed by atoms with Crippen LogP contribution in [0.5, 0.6) is 0 Å². The molecular formula is C24H23ClN4O2. The number of aromatic nitrogens is 2. The average Bonchev–Trinajstić information content (AvgIpc) is 3.22. The number of nitrogens with one attached hydrogen (secondary N) is 1. The first-order valence-corrected chi connectivity index (χ1v) is 10.6. The van der Waals surface area contributed by atoms with Gasteiger partial charge in [-0.25, -0.2) is 0 Å². The molecular weight excluding hydrogens is 412 g/mol. The lowest BCUT2D eigenvalue weighted by Crippen LogP contribution is -2.33. The van der Waals surface area contributed by atoms with Gasteiger partial charge >= 0.3 is 0 Å². The molecule has 6 nitrogen and oxygen atoms in total. The molecule has 0 fully saturated rings. The number of anilines is 1. The number of halogens is 1. The molecule has 158 valence electrons. The normalized spacial score (nSPS) is 11.2. The Bertz CT molecular complexity index is 1190. The lowest BCUT2D eigenvalue weighted by molar-refractivity contribution is -0.117. The molecule has 0 aliphatic heterocycles. The third kappa shape index (κ3) is 5.10. The molecule has 0 saturated carbocycles. The Balaban J connectivity index is 1.44. The first-order valence-electron chi connectivity index (χ1n) is 10.2. The van der Waals surface area contributed by atoms with Gasteiger partial charge in [0.1, 0.15) is 0 Å². The first-order chi connectivity index (χ1) is 15.1. The lowest BCUT2D eigenvalue weighted by Gasteiger charge is -2.19. The number of rotatable bonds is 8. The van der Waals surface area contributed by atoms with Crippen molar-refractivity contribution in [2.45, 2.75) is 19.9 Å². The van der Waals surface area contributed by atoms with Gasteiger partial charge in [0.2, 0.25) is 17.7 Å². The van der Waals surface area contributed by atoms with Crippen molar-refractivity contribution in [1.82, 2.24) is 15.1 Å². The Hall–Kier alpha value is -3.22. The first kappa shape index (κ1) is 21.0. The molecule has 0 aliphatic rings. The minimum absolute atomic E-state index is 0.0874. The van der Waals surface area contributed by atoms with Gasteiger partial charge in [0, 0.05) is 11.1 Å².